The van der Waals surface area contributed by atoms with Crippen LogP contribution < -0.4 is 5.32 Å². The summed E-state index contributed by atoms with van der Waals surface area (Å²) in [5.74, 6) is 0.918. The Labute approximate surface area is 101 Å². The van der Waals surface area contributed by atoms with Gasteiger partial charge in [0.15, 0.2) is 5.16 Å². The van der Waals surface area contributed by atoms with Gasteiger partial charge in [0.1, 0.15) is 0 Å². The van der Waals surface area contributed by atoms with Crippen molar-refractivity contribution in [2.45, 2.75) is 31.5 Å². The van der Waals surface area contributed by atoms with Crippen molar-refractivity contribution in [3.05, 3.63) is 18.0 Å². The van der Waals surface area contributed by atoms with Gasteiger partial charge in [-0.2, -0.15) is 0 Å². The molecule has 16 heavy (non-hydrogen) atoms. The number of thioether (sulfide) groups is 1. The summed E-state index contributed by atoms with van der Waals surface area (Å²) in [7, 11) is 0. The van der Waals surface area contributed by atoms with Gasteiger partial charge in [-0.25, -0.2) is 9.97 Å². The van der Waals surface area contributed by atoms with Gasteiger partial charge >= 0.3 is 0 Å². The summed E-state index contributed by atoms with van der Waals surface area (Å²) in [6.45, 7) is 5.07. The Kier molecular flexibility index (Phi) is 6.37. The number of hydrogen-bond donors (Lipinski definition) is 2. The molecule has 1 atom stereocenters. The molecule has 0 saturated carbocycles. The van der Waals surface area contributed by atoms with E-state index in [1.165, 1.54) is 0 Å². The van der Waals surface area contributed by atoms with Crippen molar-refractivity contribution in [2.75, 3.05) is 18.9 Å². The molecular weight excluding hydrogens is 222 g/mol. The second-order valence-corrected chi connectivity index (χ2v) is 4.62. The lowest BCUT2D eigenvalue weighted by Crippen LogP contribution is -2.32. The molecule has 1 heterocycles. The minimum Gasteiger partial charge on any atom is -0.395 e. The van der Waals surface area contributed by atoms with Gasteiger partial charge in [0.2, 0.25) is 0 Å². The molecule has 1 unspecified atom stereocenters. The highest BCUT2D eigenvalue weighted by atomic mass is 32.2. The van der Waals surface area contributed by atoms with Crippen molar-refractivity contribution in [2.24, 2.45) is 0 Å². The fraction of sp³-hybridized carbons (Fsp3) is 0.636. The summed E-state index contributed by atoms with van der Waals surface area (Å²) >= 11 is 1.63. The maximum Gasteiger partial charge on any atom is 0.187 e. The quantitative estimate of drug-likeness (QED) is 0.555. The highest BCUT2D eigenvalue weighted by molar-refractivity contribution is 7.99. The standard InChI is InChI=1S/C11H19N3OS/c1-3-12-10(8-15)5-7-16-11-13-6-4-9(2)14-11/h4,6,10,12,15H,3,5,7-8H2,1-2H3. The number of aliphatic hydroxyl groups is 1. The minimum absolute atomic E-state index is 0.183. The smallest absolute Gasteiger partial charge is 0.187 e. The van der Waals surface area contributed by atoms with Gasteiger partial charge in [-0.05, 0) is 26.0 Å². The number of hydrogen-bond acceptors (Lipinski definition) is 5. The molecule has 0 aromatic carbocycles. The van der Waals surface area contributed by atoms with Gasteiger partial charge in [0, 0.05) is 23.7 Å². The molecule has 0 aliphatic rings. The highest BCUT2D eigenvalue weighted by Gasteiger charge is 2.06. The average molecular weight is 241 g/mol. The van der Waals surface area contributed by atoms with Crippen LogP contribution in [-0.4, -0.2) is 40.0 Å². The predicted molar refractivity (Wildman–Crippen MR) is 66.7 cm³/mol. The Morgan fingerprint density at radius 1 is 1.56 bits per heavy atom. The molecule has 5 heteroatoms. The lowest BCUT2D eigenvalue weighted by Gasteiger charge is -2.13. The van der Waals surface area contributed by atoms with E-state index in [9.17, 15) is 0 Å². The molecule has 0 fully saturated rings. The first-order chi connectivity index (χ1) is 7.76. The van der Waals surface area contributed by atoms with Crippen LogP contribution in [0.4, 0.5) is 0 Å². The third-order valence-electron chi connectivity index (χ3n) is 2.18. The molecule has 0 amide bonds. The van der Waals surface area contributed by atoms with E-state index in [0.29, 0.717) is 0 Å². The zero-order chi connectivity index (χ0) is 11.8. The van der Waals surface area contributed by atoms with Crippen LogP contribution in [0.2, 0.25) is 0 Å². The van der Waals surface area contributed by atoms with E-state index in [0.717, 1.165) is 29.6 Å². The van der Waals surface area contributed by atoms with Crippen molar-refractivity contribution in [3.63, 3.8) is 0 Å². The third kappa shape index (κ3) is 4.92. The van der Waals surface area contributed by atoms with E-state index in [1.54, 1.807) is 18.0 Å². The van der Waals surface area contributed by atoms with Crippen LogP contribution in [-0.2, 0) is 0 Å². The van der Waals surface area contributed by atoms with Gasteiger partial charge in [0.25, 0.3) is 0 Å². The molecule has 1 rings (SSSR count). The first-order valence-electron chi connectivity index (χ1n) is 5.53. The van der Waals surface area contributed by atoms with Crippen LogP contribution in [0, 0.1) is 6.92 Å². The number of rotatable bonds is 7. The lowest BCUT2D eigenvalue weighted by molar-refractivity contribution is 0.242. The SMILES string of the molecule is CCNC(CO)CCSc1nccc(C)n1. The van der Waals surface area contributed by atoms with E-state index < -0.39 is 0 Å². The first kappa shape index (κ1) is 13.4. The number of aliphatic hydroxyl groups excluding tert-OH is 1. The van der Waals surface area contributed by atoms with Crippen LogP contribution in [0.15, 0.2) is 17.4 Å². The van der Waals surface area contributed by atoms with Crippen LogP contribution in [0.5, 0.6) is 0 Å². The van der Waals surface area contributed by atoms with Gasteiger partial charge in [-0.3, -0.25) is 0 Å². The van der Waals surface area contributed by atoms with Crippen molar-refractivity contribution >= 4 is 11.8 Å². The average Bonchev–Trinajstić information content (AvgIpc) is 2.28. The second kappa shape index (κ2) is 7.60. The summed E-state index contributed by atoms with van der Waals surface area (Å²) in [5.41, 5.74) is 0.989. The number of nitrogens with zero attached hydrogens (tertiary/aromatic N) is 2. The fourth-order valence-electron chi connectivity index (χ4n) is 1.33. The molecule has 1 aromatic heterocycles. The zero-order valence-corrected chi connectivity index (χ0v) is 10.6. The molecule has 0 bridgehead atoms. The topological polar surface area (TPSA) is 58.0 Å². The van der Waals surface area contributed by atoms with E-state index in [4.69, 9.17) is 5.11 Å². The molecule has 0 spiro atoms. The summed E-state index contributed by atoms with van der Waals surface area (Å²) in [4.78, 5) is 8.49. The third-order valence-corrected chi connectivity index (χ3v) is 3.08. The Hall–Kier alpha value is -0.650. The normalized spacial score (nSPS) is 12.7. The molecule has 0 radical (unpaired) electrons. The van der Waals surface area contributed by atoms with Crippen molar-refractivity contribution in [1.82, 2.24) is 15.3 Å². The van der Waals surface area contributed by atoms with E-state index >= 15 is 0 Å². The van der Waals surface area contributed by atoms with E-state index in [-0.39, 0.29) is 12.6 Å². The number of likely N-dealkylation sites (N-methyl/N-ethyl adjacent to an activating group) is 1. The van der Waals surface area contributed by atoms with Gasteiger partial charge in [0.05, 0.1) is 6.61 Å². The Bertz CT molecular complexity index is 309. The molecular formula is C11H19N3OS. The molecule has 0 aliphatic carbocycles. The Balaban J connectivity index is 2.29. The first-order valence-corrected chi connectivity index (χ1v) is 6.51. The molecule has 0 aliphatic heterocycles. The minimum atomic E-state index is 0.183. The monoisotopic (exact) mass is 241 g/mol. The van der Waals surface area contributed by atoms with Gasteiger partial charge < -0.3 is 10.4 Å². The number of nitrogens with one attached hydrogen (secondary N) is 1. The fourth-order valence-corrected chi connectivity index (χ4v) is 2.26. The highest BCUT2D eigenvalue weighted by Crippen LogP contribution is 2.14. The Morgan fingerprint density at radius 2 is 2.38 bits per heavy atom. The maximum atomic E-state index is 9.10. The second-order valence-electron chi connectivity index (χ2n) is 3.55. The lowest BCUT2D eigenvalue weighted by atomic mass is 10.2. The van der Waals surface area contributed by atoms with Crippen LogP contribution in [0.3, 0.4) is 0 Å². The van der Waals surface area contributed by atoms with Crippen molar-refractivity contribution in [3.8, 4) is 0 Å². The van der Waals surface area contributed by atoms with E-state index in [1.807, 2.05) is 19.9 Å². The van der Waals surface area contributed by atoms with Gasteiger partial charge in [-0.1, -0.05) is 18.7 Å². The predicted octanol–water partition coefficient (Wildman–Crippen LogP) is 1.24. The van der Waals surface area contributed by atoms with Crippen molar-refractivity contribution < 1.29 is 5.11 Å². The van der Waals surface area contributed by atoms with Gasteiger partial charge in [-0.15, -0.1) is 0 Å². The Morgan fingerprint density at radius 3 is 3.00 bits per heavy atom. The maximum absolute atomic E-state index is 9.10. The number of aromatic nitrogens is 2. The number of aryl methyl sites for hydroxylation is 1. The van der Waals surface area contributed by atoms with Crippen LogP contribution in [0.25, 0.3) is 0 Å². The van der Waals surface area contributed by atoms with Crippen LogP contribution in [0.1, 0.15) is 19.0 Å². The molecule has 90 valence electrons. The molecule has 4 nitrogen and oxygen atoms in total. The molecule has 1 aromatic rings. The summed E-state index contributed by atoms with van der Waals surface area (Å²) in [6.07, 6.45) is 2.70. The van der Waals surface area contributed by atoms with Crippen molar-refractivity contribution in [1.29, 1.82) is 0 Å². The van der Waals surface area contributed by atoms with Crippen LogP contribution >= 0.6 is 11.8 Å². The summed E-state index contributed by atoms with van der Waals surface area (Å²) < 4.78 is 0. The largest absolute Gasteiger partial charge is 0.395 e. The summed E-state index contributed by atoms with van der Waals surface area (Å²) in [5, 5.41) is 13.1. The van der Waals surface area contributed by atoms with E-state index in [2.05, 4.69) is 15.3 Å². The molecule has 0 saturated heterocycles. The molecule has 2 N–H and O–H groups in total. The zero-order valence-electron chi connectivity index (χ0n) is 9.81. The summed E-state index contributed by atoms with van der Waals surface area (Å²) in [6, 6.07) is 2.07.